The van der Waals surface area contributed by atoms with Crippen molar-refractivity contribution in [1.82, 2.24) is 15.1 Å². The van der Waals surface area contributed by atoms with Gasteiger partial charge >= 0.3 is 5.97 Å². The van der Waals surface area contributed by atoms with Crippen molar-refractivity contribution in [1.29, 1.82) is 0 Å². The lowest BCUT2D eigenvalue weighted by molar-refractivity contribution is -0.137. The number of fused-ring (bicyclic) bond motifs is 1. The largest absolute Gasteiger partial charge is 0.481 e. The van der Waals surface area contributed by atoms with Gasteiger partial charge in [0.25, 0.3) is 5.56 Å². The van der Waals surface area contributed by atoms with Gasteiger partial charge in [0.05, 0.1) is 17.1 Å². The van der Waals surface area contributed by atoms with Gasteiger partial charge in [-0.1, -0.05) is 41.9 Å². The minimum Gasteiger partial charge on any atom is -0.481 e. The fourth-order valence-electron chi connectivity index (χ4n) is 3.64. The van der Waals surface area contributed by atoms with Crippen molar-refractivity contribution in [3.05, 3.63) is 75.2 Å². The molecule has 0 radical (unpaired) electrons. The van der Waals surface area contributed by atoms with E-state index in [0.717, 1.165) is 16.6 Å². The topological polar surface area (TPSA) is 84.2 Å². The van der Waals surface area contributed by atoms with Gasteiger partial charge < -0.3 is 10.4 Å². The summed E-state index contributed by atoms with van der Waals surface area (Å²) in [6.07, 6.45) is 2.43. The van der Waals surface area contributed by atoms with Crippen molar-refractivity contribution in [2.75, 3.05) is 13.6 Å². The molecular formula is C23H26ClN3O3. The molecule has 1 unspecified atom stereocenters. The number of carboxylic acids is 1. The highest BCUT2D eigenvalue weighted by atomic mass is 35.5. The van der Waals surface area contributed by atoms with E-state index in [0.29, 0.717) is 42.6 Å². The SMILES string of the molecule is CNCCC(CCCC(=O)O)n1nc(Cc2ccc(Cl)cc2)c2ccccc2c1=O. The third-order valence-corrected chi connectivity index (χ3v) is 5.44. The number of nitrogens with zero attached hydrogens (tertiary/aromatic N) is 2. The van der Waals surface area contributed by atoms with Crippen LogP contribution in [0.4, 0.5) is 0 Å². The number of carbonyl (C=O) groups is 1. The van der Waals surface area contributed by atoms with Gasteiger partial charge in [-0.15, -0.1) is 0 Å². The van der Waals surface area contributed by atoms with Crippen molar-refractivity contribution in [2.45, 2.75) is 38.1 Å². The van der Waals surface area contributed by atoms with Gasteiger partial charge in [-0.3, -0.25) is 9.59 Å². The van der Waals surface area contributed by atoms with Crippen LogP contribution in [-0.2, 0) is 11.2 Å². The summed E-state index contributed by atoms with van der Waals surface area (Å²) >= 11 is 6.01. The monoisotopic (exact) mass is 427 g/mol. The number of aromatic nitrogens is 2. The molecule has 158 valence electrons. The number of hydrogen-bond acceptors (Lipinski definition) is 4. The first-order chi connectivity index (χ1) is 14.5. The lowest BCUT2D eigenvalue weighted by Gasteiger charge is -2.20. The fourth-order valence-corrected chi connectivity index (χ4v) is 3.76. The van der Waals surface area contributed by atoms with Gasteiger partial charge in [-0.05, 0) is 56.6 Å². The molecule has 0 saturated carbocycles. The lowest BCUT2D eigenvalue weighted by Crippen LogP contribution is -2.30. The number of benzene rings is 2. The first-order valence-corrected chi connectivity index (χ1v) is 10.5. The molecule has 1 aromatic heterocycles. The number of rotatable bonds is 10. The van der Waals surface area contributed by atoms with Crippen molar-refractivity contribution >= 4 is 28.3 Å². The Morgan fingerprint density at radius 2 is 1.83 bits per heavy atom. The zero-order chi connectivity index (χ0) is 21.5. The third-order valence-electron chi connectivity index (χ3n) is 5.19. The highest BCUT2D eigenvalue weighted by molar-refractivity contribution is 6.30. The predicted octanol–water partition coefficient (Wildman–Crippen LogP) is 4.05. The predicted molar refractivity (Wildman–Crippen MR) is 119 cm³/mol. The maximum atomic E-state index is 13.2. The first kappa shape index (κ1) is 22.0. The summed E-state index contributed by atoms with van der Waals surface area (Å²) in [5, 5.41) is 19.0. The van der Waals surface area contributed by atoms with Crippen LogP contribution in [0.15, 0.2) is 53.3 Å². The van der Waals surface area contributed by atoms with Crippen LogP contribution in [0, 0.1) is 0 Å². The summed E-state index contributed by atoms with van der Waals surface area (Å²) in [6.45, 7) is 0.713. The van der Waals surface area contributed by atoms with Crippen LogP contribution in [0.3, 0.4) is 0 Å². The molecule has 1 atom stereocenters. The van der Waals surface area contributed by atoms with Crippen LogP contribution in [0.1, 0.15) is 43.0 Å². The van der Waals surface area contributed by atoms with Gasteiger partial charge in [0.2, 0.25) is 0 Å². The lowest BCUT2D eigenvalue weighted by atomic mass is 10.0. The van der Waals surface area contributed by atoms with Gasteiger partial charge in [0, 0.05) is 23.3 Å². The highest BCUT2D eigenvalue weighted by Gasteiger charge is 2.18. The molecule has 6 nitrogen and oxygen atoms in total. The Labute approximate surface area is 180 Å². The minimum absolute atomic E-state index is 0.0794. The summed E-state index contributed by atoms with van der Waals surface area (Å²) in [7, 11) is 1.86. The molecule has 2 N–H and O–H groups in total. The van der Waals surface area contributed by atoms with E-state index in [1.165, 1.54) is 0 Å². The molecule has 0 amide bonds. The summed E-state index contributed by atoms with van der Waals surface area (Å²) < 4.78 is 1.56. The molecule has 1 heterocycles. The second kappa shape index (κ2) is 10.4. The van der Waals surface area contributed by atoms with E-state index in [-0.39, 0.29) is 18.0 Å². The molecule has 3 rings (SSSR count). The molecule has 0 fully saturated rings. The van der Waals surface area contributed by atoms with E-state index in [1.54, 1.807) is 4.68 Å². The molecule has 0 bridgehead atoms. The molecular weight excluding hydrogens is 402 g/mol. The van der Waals surface area contributed by atoms with Crippen LogP contribution in [0.25, 0.3) is 10.8 Å². The van der Waals surface area contributed by atoms with Crippen LogP contribution in [-0.4, -0.2) is 34.4 Å². The first-order valence-electron chi connectivity index (χ1n) is 10.1. The Morgan fingerprint density at radius 1 is 1.13 bits per heavy atom. The molecule has 30 heavy (non-hydrogen) atoms. The summed E-state index contributed by atoms with van der Waals surface area (Å²) in [4.78, 5) is 24.2. The molecule has 0 aliphatic rings. The highest BCUT2D eigenvalue weighted by Crippen LogP contribution is 2.22. The number of hydrogen-bond donors (Lipinski definition) is 2. The van der Waals surface area contributed by atoms with Crippen molar-refractivity contribution in [3.8, 4) is 0 Å². The fraction of sp³-hybridized carbons (Fsp3) is 0.348. The van der Waals surface area contributed by atoms with Crippen LogP contribution in [0.5, 0.6) is 0 Å². The van der Waals surface area contributed by atoms with Crippen molar-refractivity contribution < 1.29 is 9.90 Å². The zero-order valence-corrected chi connectivity index (χ0v) is 17.7. The maximum Gasteiger partial charge on any atom is 0.303 e. The van der Waals surface area contributed by atoms with Crippen LogP contribution >= 0.6 is 11.6 Å². The average molecular weight is 428 g/mol. The van der Waals surface area contributed by atoms with Crippen molar-refractivity contribution in [3.63, 3.8) is 0 Å². The Kier molecular flexibility index (Phi) is 7.60. The molecule has 0 saturated heterocycles. The van der Waals surface area contributed by atoms with Crippen molar-refractivity contribution in [2.24, 2.45) is 0 Å². The normalized spacial score (nSPS) is 12.2. The van der Waals surface area contributed by atoms with Crippen LogP contribution < -0.4 is 10.9 Å². The molecule has 2 aromatic carbocycles. The number of carboxylic acid groups (broad SMARTS) is 1. The van der Waals surface area contributed by atoms with Gasteiger partial charge in [0.1, 0.15) is 0 Å². The molecule has 3 aromatic rings. The van der Waals surface area contributed by atoms with E-state index in [2.05, 4.69) is 5.32 Å². The summed E-state index contributed by atoms with van der Waals surface area (Å²) in [6, 6.07) is 14.9. The Hall–Kier alpha value is -2.70. The Morgan fingerprint density at radius 3 is 2.50 bits per heavy atom. The van der Waals surface area contributed by atoms with E-state index >= 15 is 0 Å². The van der Waals surface area contributed by atoms with E-state index in [9.17, 15) is 9.59 Å². The second-order valence-electron chi connectivity index (χ2n) is 7.38. The summed E-state index contributed by atoms with van der Waals surface area (Å²) in [5.41, 5.74) is 1.74. The van der Waals surface area contributed by atoms with Gasteiger partial charge in [0.15, 0.2) is 0 Å². The third kappa shape index (κ3) is 5.46. The van der Waals surface area contributed by atoms with E-state index in [1.807, 2.05) is 55.6 Å². The summed E-state index contributed by atoms with van der Waals surface area (Å²) in [5.74, 6) is -0.829. The van der Waals surface area contributed by atoms with Gasteiger partial charge in [-0.2, -0.15) is 5.10 Å². The quantitative estimate of drug-likeness (QED) is 0.510. The maximum absolute atomic E-state index is 13.2. The van der Waals surface area contributed by atoms with Crippen LogP contribution in [0.2, 0.25) is 5.02 Å². The second-order valence-corrected chi connectivity index (χ2v) is 7.81. The number of nitrogens with one attached hydrogen (secondary N) is 1. The smallest absolute Gasteiger partial charge is 0.303 e. The number of aliphatic carboxylic acids is 1. The average Bonchev–Trinajstić information content (AvgIpc) is 2.74. The Balaban J connectivity index is 2.03. The standard InChI is InChI=1S/C23H26ClN3O3/c1-25-14-13-18(5-4-8-22(28)29)27-23(30)20-7-3-2-6-19(20)21(26-27)15-16-9-11-17(24)12-10-16/h2-3,6-7,9-12,18,25H,4-5,8,13-15H2,1H3,(H,28,29). The minimum atomic E-state index is -0.829. The zero-order valence-electron chi connectivity index (χ0n) is 17.0. The van der Waals surface area contributed by atoms with E-state index in [4.69, 9.17) is 21.8 Å². The molecule has 0 aliphatic heterocycles. The molecule has 0 spiro atoms. The molecule has 0 aliphatic carbocycles. The Bertz CT molecular complexity index is 1060. The number of halogens is 1. The molecule has 7 heteroatoms. The van der Waals surface area contributed by atoms with Gasteiger partial charge in [-0.25, -0.2) is 4.68 Å². The van der Waals surface area contributed by atoms with E-state index < -0.39 is 5.97 Å².